The fourth-order valence-corrected chi connectivity index (χ4v) is 1.87. The van der Waals surface area contributed by atoms with E-state index in [1.54, 1.807) is 0 Å². The zero-order valence-corrected chi connectivity index (χ0v) is 10.1. The summed E-state index contributed by atoms with van der Waals surface area (Å²) in [6, 6.07) is 6.53. The van der Waals surface area contributed by atoms with Crippen LogP contribution in [-0.4, -0.2) is 11.2 Å². The highest BCUT2D eigenvalue weighted by atomic mass is 16.3. The van der Waals surface area contributed by atoms with Crippen molar-refractivity contribution in [1.82, 2.24) is 0 Å². The molecule has 0 aliphatic rings. The molecule has 1 nitrogen and oxygen atoms in total. The van der Waals surface area contributed by atoms with E-state index in [9.17, 15) is 5.11 Å². The Bertz CT molecular complexity index is 304. The Morgan fingerprint density at radius 3 is 2.60 bits per heavy atom. The van der Waals surface area contributed by atoms with Crippen molar-refractivity contribution < 1.29 is 5.11 Å². The van der Waals surface area contributed by atoms with E-state index in [2.05, 4.69) is 39.0 Å². The highest BCUT2D eigenvalue weighted by Crippen LogP contribution is 2.14. The standard InChI is InChI=1S/C14H22O/c1-4-5-14(15)9-8-13-10-11(2)6-7-12(13)3/h6-7,10,14-15H,4-5,8-9H2,1-3H3. The van der Waals surface area contributed by atoms with Gasteiger partial charge in [-0.2, -0.15) is 0 Å². The van der Waals surface area contributed by atoms with Gasteiger partial charge in [0.05, 0.1) is 6.10 Å². The highest BCUT2D eigenvalue weighted by molar-refractivity contribution is 5.30. The quantitative estimate of drug-likeness (QED) is 0.783. The lowest BCUT2D eigenvalue weighted by Crippen LogP contribution is -2.07. The molecule has 15 heavy (non-hydrogen) atoms. The van der Waals surface area contributed by atoms with Crippen LogP contribution in [0.2, 0.25) is 0 Å². The lowest BCUT2D eigenvalue weighted by molar-refractivity contribution is 0.154. The Morgan fingerprint density at radius 1 is 1.20 bits per heavy atom. The molecule has 0 radical (unpaired) electrons. The number of aliphatic hydroxyl groups is 1. The van der Waals surface area contributed by atoms with Crippen LogP contribution in [0.15, 0.2) is 18.2 Å². The maximum atomic E-state index is 9.67. The number of hydrogen-bond acceptors (Lipinski definition) is 1. The molecule has 0 saturated heterocycles. The van der Waals surface area contributed by atoms with Crippen molar-refractivity contribution in [3.8, 4) is 0 Å². The predicted molar refractivity (Wildman–Crippen MR) is 65.2 cm³/mol. The lowest BCUT2D eigenvalue weighted by atomic mass is 9.99. The van der Waals surface area contributed by atoms with Gasteiger partial charge in [-0.1, -0.05) is 37.1 Å². The van der Waals surface area contributed by atoms with Gasteiger partial charge in [-0.15, -0.1) is 0 Å². The second-order valence-electron chi connectivity index (χ2n) is 4.41. The van der Waals surface area contributed by atoms with Gasteiger partial charge in [0, 0.05) is 0 Å². The van der Waals surface area contributed by atoms with Crippen LogP contribution in [0.3, 0.4) is 0 Å². The van der Waals surface area contributed by atoms with Gasteiger partial charge >= 0.3 is 0 Å². The van der Waals surface area contributed by atoms with Gasteiger partial charge in [-0.05, 0) is 44.2 Å². The van der Waals surface area contributed by atoms with E-state index < -0.39 is 0 Å². The zero-order chi connectivity index (χ0) is 11.3. The van der Waals surface area contributed by atoms with E-state index in [1.165, 1.54) is 16.7 Å². The van der Waals surface area contributed by atoms with Crippen LogP contribution < -0.4 is 0 Å². The molecule has 1 N–H and O–H groups in total. The molecule has 1 aromatic carbocycles. The number of aryl methyl sites for hydroxylation is 3. The topological polar surface area (TPSA) is 20.2 Å². The summed E-state index contributed by atoms with van der Waals surface area (Å²) in [5.74, 6) is 0. The van der Waals surface area contributed by atoms with Crippen LogP contribution in [-0.2, 0) is 6.42 Å². The van der Waals surface area contributed by atoms with Crippen molar-refractivity contribution in [2.45, 2.75) is 52.6 Å². The van der Waals surface area contributed by atoms with E-state index in [-0.39, 0.29) is 6.10 Å². The number of rotatable bonds is 5. The molecule has 0 amide bonds. The summed E-state index contributed by atoms with van der Waals surface area (Å²) in [7, 11) is 0. The van der Waals surface area contributed by atoms with E-state index in [1.807, 2.05) is 0 Å². The van der Waals surface area contributed by atoms with Crippen LogP contribution in [0.4, 0.5) is 0 Å². The third kappa shape index (κ3) is 4.05. The first kappa shape index (κ1) is 12.3. The average Bonchev–Trinajstić information content (AvgIpc) is 2.20. The van der Waals surface area contributed by atoms with Crippen LogP contribution in [0.25, 0.3) is 0 Å². The van der Waals surface area contributed by atoms with Crippen LogP contribution in [0, 0.1) is 13.8 Å². The van der Waals surface area contributed by atoms with Crippen molar-refractivity contribution in [3.63, 3.8) is 0 Å². The minimum Gasteiger partial charge on any atom is -0.393 e. The van der Waals surface area contributed by atoms with Crippen molar-refractivity contribution in [2.75, 3.05) is 0 Å². The number of hydrogen-bond donors (Lipinski definition) is 1. The summed E-state index contributed by atoms with van der Waals surface area (Å²) in [5, 5.41) is 9.67. The molecule has 1 unspecified atom stereocenters. The molecule has 0 heterocycles. The van der Waals surface area contributed by atoms with E-state index >= 15 is 0 Å². The molecule has 84 valence electrons. The van der Waals surface area contributed by atoms with Gasteiger partial charge < -0.3 is 5.11 Å². The van der Waals surface area contributed by atoms with Crippen LogP contribution in [0.5, 0.6) is 0 Å². The van der Waals surface area contributed by atoms with Gasteiger partial charge in [-0.25, -0.2) is 0 Å². The fourth-order valence-electron chi connectivity index (χ4n) is 1.87. The lowest BCUT2D eigenvalue weighted by Gasteiger charge is -2.11. The molecule has 1 heteroatoms. The molecular weight excluding hydrogens is 184 g/mol. The van der Waals surface area contributed by atoms with E-state index in [4.69, 9.17) is 0 Å². The van der Waals surface area contributed by atoms with E-state index in [0.29, 0.717) is 0 Å². The Hall–Kier alpha value is -0.820. The van der Waals surface area contributed by atoms with Gasteiger partial charge in [0.25, 0.3) is 0 Å². The normalized spacial score (nSPS) is 12.8. The first-order chi connectivity index (χ1) is 7.13. The van der Waals surface area contributed by atoms with Crippen molar-refractivity contribution in [1.29, 1.82) is 0 Å². The van der Waals surface area contributed by atoms with Crippen molar-refractivity contribution in [3.05, 3.63) is 34.9 Å². The molecule has 1 atom stereocenters. The maximum absolute atomic E-state index is 9.67. The predicted octanol–water partition coefficient (Wildman–Crippen LogP) is 3.40. The molecule has 0 fully saturated rings. The molecule has 0 saturated carbocycles. The van der Waals surface area contributed by atoms with Gasteiger partial charge in [0.15, 0.2) is 0 Å². The molecule has 1 aromatic rings. The summed E-state index contributed by atoms with van der Waals surface area (Å²) in [6.07, 6.45) is 3.74. The Kier molecular flexibility index (Phi) is 4.83. The zero-order valence-electron chi connectivity index (χ0n) is 10.1. The van der Waals surface area contributed by atoms with E-state index in [0.717, 1.165) is 25.7 Å². The minimum atomic E-state index is -0.130. The molecule has 0 aliphatic heterocycles. The molecule has 1 rings (SSSR count). The molecule has 0 aromatic heterocycles. The first-order valence-corrected chi connectivity index (χ1v) is 5.87. The summed E-state index contributed by atoms with van der Waals surface area (Å²) in [4.78, 5) is 0. The SMILES string of the molecule is CCCC(O)CCc1cc(C)ccc1C. The van der Waals surface area contributed by atoms with Gasteiger partial charge in [0.2, 0.25) is 0 Å². The molecular formula is C14H22O. The van der Waals surface area contributed by atoms with Crippen LogP contribution in [0.1, 0.15) is 42.9 Å². The second-order valence-corrected chi connectivity index (χ2v) is 4.41. The van der Waals surface area contributed by atoms with Gasteiger partial charge in [0.1, 0.15) is 0 Å². The smallest absolute Gasteiger partial charge is 0.0543 e. The largest absolute Gasteiger partial charge is 0.393 e. The minimum absolute atomic E-state index is 0.130. The third-order valence-electron chi connectivity index (χ3n) is 2.87. The summed E-state index contributed by atoms with van der Waals surface area (Å²) < 4.78 is 0. The third-order valence-corrected chi connectivity index (χ3v) is 2.87. The average molecular weight is 206 g/mol. The molecule has 0 bridgehead atoms. The Balaban J connectivity index is 2.53. The Labute approximate surface area is 93.1 Å². The molecule has 0 spiro atoms. The first-order valence-electron chi connectivity index (χ1n) is 5.87. The number of aliphatic hydroxyl groups excluding tert-OH is 1. The van der Waals surface area contributed by atoms with Crippen molar-refractivity contribution >= 4 is 0 Å². The monoisotopic (exact) mass is 206 g/mol. The summed E-state index contributed by atoms with van der Waals surface area (Å²) in [6.45, 7) is 6.37. The van der Waals surface area contributed by atoms with Crippen molar-refractivity contribution in [2.24, 2.45) is 0 Å². The highest BCUT2D eigenvalue weighted by Gasteiger charge is 2.05. The fraction of sp³-hybridized carbons (Fsp3) is 0.571. The van der Waals surface area contributed by atoms with Crippen LogP contribution >= 0.6 is 0 Å². The number of benzene rings is 1. The molecule has 0 aliphatic carbocycles. The second kappa shape index (κ2) is 5.92. The summed E-state index contributed by atoms with van der Waals surface area (Å²) in [5.41, 5.74) is 4.02. The van der Waals surface area contributed by atoms with Gasteiger partial charge in [-0.3, -0.25) is 0 Å². The Morgan fingerprint density at radius 2 is 1.93 bits per heavy atom. The maximum Gasteiger partial charge on any atom is 0.0543 e. The summed E-state index contributed by atoms with van der Waals surface area (Å²) >= 11 is 0.